The molecular weight excluding hydrogens is 222 g/mol. The average Bonchev–Trinajstić information content (AvgIpc) is 2.31. The lowest BCUT2D eigenvalue weighted by Crippen LogP contribution is -2.42. The summed E-state index contributed by atoms with van der Waals surface area (Å²) < 4.78 is 0.873. The van der Waals surface area contributed by atoms with Gasteiger partial charge in [0, 0.05) is 18.3 Å². The highest BCUT2D eigenvalue weighted by Crippen LogP contribution is 1.95. The number of H-pyrrole nitrogens is 1. The first kappa shape index (κ1) is 13.2. The number of carbonyl (C=O) groups excluding carboxylic acids is 1. The number of amides is 1. The zero-order chi connectivity index (χ0) is 12.8. The number of nitrogens with one attached hydrogen (secondary N) is 2. The molecule has 6 nitrogen and oxygen atoms in total. The summed E-state index contributed by atoms with van der Waals surface area (Å²) in [7, 11) is 0. The maximum absolute atomic E-state index is 11.6. The molecule has 0 fully saturated rings. The smallest absolute Gasteiger partial charge is 0.328 e. The van der Waals surface area contributed by atoms with Crippen molar-refractivity contribution in [3.8, 4) is 0 Å². The minimum atomic E-state index is -0.572. The highest BCUT2D eigenvalue weighted by molar-refractivity contribution is 5.75. The van der Waals surface area contributed by atoms with Gasteiger partial charge in [0.25, 0.3) is 5.56 Å². The van der Waals surface area contributed by atoms with E-state index in [1.165, 1.54) is 12.3 Å². The molecule has 0 radical (unpaired) electrons. The van der Waals surface area contributed by atoms with E-state index in [-0.39, 0.29) is 18.5 Å². The maximum Gasteiger partial charge on any atom is 0.328 e. The third-order valence-electron chi connectivity index (χ3n) is 2.60. The molecule has 0 saturated carbocycles. The van der Waals surface area contributed by atoms with E-state index in [4.69, 9.17) is 0 Å². The Hall–Kier alpha value is -1.85. The van der Waals surface area contributed by atoms with Gasteiger partial charge in [-0.1, -0.05) is 13.8 Å². The lowest BCUT2D eigenvalue weighted by atomic mass is 10.2. The Morgan fingerprint density at radius 2 is 2.06 bits per heavy atom. The van der Waals surface area contributed by atoms with Gasteiger partial charge in [-0.05, 0) is 12.8 Å². The molecule has 1 amide bonds. The standard InChI is InChI=1S/C11H17N3O3/c1-3-8(4-2)13-9(15)7-14-10(16)5-6-12-11(14)17/h5-6,8H,3-4,7H2,1-2H3,(H,12,17)(H,13,15). The molecule has 0 aliphatic rings. The van der Waals surface area contributed by atoms with Crippen molar-refractivity contribution < 1.29 is 4.79 Å². The van der Waals surface area contributed by atoms with Crippen LogP contribution in [0.15, 0.2) is 21.9 Å². The van der Waals surface area contributed by atoms with E-state index in [0.29, 0.717) is 0 Å². The third kappa shape index (κ3) is 3.58. The molecule has 0 aliphatic heterocycles. The van der Waals surface area contributed by atoms with Crippen LogP contribution in [0.25, 0.3) is 0 Å². The first-order chi connectivity index (χ1) is 8.08. The van der Waals surface area contributed by atoms with E-state index in [0.717, 1.165) is 17.4 Å². The predicted octanol–water partition coefficient (Wildman–Crippen LogP) is -0.159. The van der Waals surface area contributed by atoms with Gasteiger partial charge in [0.05, 0.1) is 0 Å². The molecule has 0 atom stereocenters. The van der Waals surface area contributed by atoms with E-state index in [1.807, 2.05) is 13.8 Å². The van der Waals surface area contributed by atoms with Crippen LogP contribution >= 0.6 is 0 Å². The lowest BCUT2D eigenvalue weighted by molar-refractivity contribution is -0.122. The van der Waals surface area contributed by atoms with Crippen LogP contribution in [0.3, 0.4) is 0 Å². The number of nitrogens with zero attached hydrogens (tertiary/aromatic N) is 1. The predicted molar refractivity (Wildman–Crippen MR) is 63.8 cm³/mol. The van der Waals surface area contributed by atoms with Crippen LogP contribution in [-0.2, 0) is 11.3 Å². The Balaban J connectivity index is 2.75. The summed E-state index contributed by atoms with van der Waals surface area (Å²) in [5.41, 5.74) is -1.05. The van der Waals surface area contributed by atoms with Gasteiger partial charge >= 0.3 is 5.69 Å². The molecule has 17 heavy (non-hydrogen) atoms. The van der Waals surface area contributed by atoms with E-state index < -0.39 is 11.2 Å². The van der Waals surface area contributed by atoms with Crippen molar-refractivity contribution in [2.75, 3.05) is 0 Å². The maximum atomic E-state index is 11.6. The quantitative estimate of drug-likeness (QED) is 0.749. The fourth-order valence-corrected chi connectivity index (χ4v) is 1.51. The van der Waals surface area contributed by atoms with Gasteiger partial charge in [-0.2, -0.15) is 0 Å². The van der Waals surface area contributed by atoms with Gasteiger partial charge in [-0.3, -0.25) is 14.2 Å². The molecule has 0 aliphatic carbocycles. The largest absolute Gasteiger partial charge is 0.352 e. The molecule has 0 saturated heterocycles. The summed E-state index contributed by atoms with van der Waals surface area (Å²) >= 11 is 0. The van der Waals surface area contributed by atoms with Crippen molar-refractivity contribution in [2.24, 2.45) is 0 Å². The second-order valence-corrected chi connectivity index (χ2v) is 3.79. The molecule has 6 heteroatoms. The van der Waals surface area contributed by atoms with Crippen LogP contribution in [0, 0.1) is 0 Å². The topological polar surface area (TPSA) is 84.0 Å². The lowest BCUT2D eigenvalue weighted by Gasteiger charge is -2.14. The minimum absolute atomic E-state index is 0.0843. The number of rotatable bonds is 5. The zero-order valence-corrected chi connectivity index (χ0v) is 10.0. The van der Waals surface area contributed by atoms with Crippen LogP contribution in [-0.4, -0.2) is 21.5 Å². The Labute approximate surface area is 98.7 Å². The highest BCUT2D eigenvalue weighted by Gasteiger charge is 2.10. The van der Waals surface area contributed by atoms with E-state index in [1.54, 1.807) is 0 Å². The molecule has 2 N–H and O–H groups in total. The molecule has 1 heterocycles. The summed E-state index contributed by atoms with van der Waals surface area (Å²) in [5.74, 6) is -0.322. The molecule has 1 aromatic heterocycles. The second-order valence-electron chi connectivity index (χ2n) is 3.79. The number of aromatic nitrogens is 2. The summed E-state index contributed by atoms with van der Waals surface area (Å²) in [5, 5.41) is 2.77. The Kier molecular flexibility index (Phi) is 4.68. The van der Waals surface area contributed by atoms with Gasteiger partial charge in [0.1, 0.15) is 6.54 Å². The summed E-state index contributed by atoms with van der Waals surface area (Å²) in [6.45, 7) is 3.69. The van der Waals surface area contributed by atoms with Crippen molar-refractivity contribution >= 4 is 5.91 Å². The van der Waals surface area contributed by atoms with Gasteiger partial charge in [-0.25, -0.2) is 4.79 Å². The first-order valence-corrected chi connectivity index (χ1v) is 5.66. The molecule has 0 aromatic carbocycles. The molecule has 1 aromatic rings. The number of aromatic amines is 1. The average molecular weight is 239 g/mol. The summed E-state index contributed by atoms with van der Waals surface area (Å²) in [6, 6.07) is 1.30. The summed E-state index contributed by atoms with van der Waals surface area (Å²) in [4.78, 5) is 36.7. The molecule has 1 rings (SSSR count). The highest BCUT2D eigenvalue weighted by atomic mass is 16.2. The van der Waals surface area contributed by atoms with E-state index >= 15 is 0 Å². The molecular formula is C11H17N3O3. The van der Waals surface area contributed by atoms with Crippen LogP contribution in [0.1, 0.15) is 26.7 Å². The second kappa shape index (κ2) is 6.03. The molecule has 0 spiro atoms. The SMILES string of the molecule is CCC(CC)NC(=O)Cn1c(=O)cc[nH]c1=O. The number of hydrogen-bond donors (Lipinski definition) is 2. The van der Waals surface area contributed by atoms with Crippen molar-refractivity contribution in [1.82, 2.24) is 14.9 Å². The fourth-order valence-electron chi connectivity index (χ4n) is 1.51. The third-order valence-corrected chi connectivity index (χ3v) is 2.60. The molecule has 94 valence electrons. The summed E-state index contributed by atoms with van der Waals surface area (Å²) in [6.07, 6.45) is 2.91. The van der Waals surface area contributed by atoms with Crippen molar-refractivity contribution in [2.45, 2.75) is 39.3 Å². The van der Waals surface area contributed by atoms with Crippen molar-refractivity contribution in [1.29, 1.82) is 0 Å². The minimum Gasteiger partial charge on any atom is -0.352 e. The normalized spacial score (nSPS) is 10.5. The number of carbonyl (C=O) groups is 1. The van der Waals surface area contributed by atoms with Gasteiger partial charge < -0.3 is 10.3 Å². The van der Waals surface area contributed by atoms with Crippen molar-refractivity contribution in [3.05, 3.63) is 33.1 Å². The van der Waals surface area contributed by atoms with E-state index in [2.05, 4.69) is 10.3 Å². The first-order valence-electron chi connectivity index (χ1n) is 5.66. The molecule has 0 unspecified atom stereocenters. The van der Waals surface area contributed by atoms with E-state index in [9.17, 15) is 14.4 Å². The fraction of sp³-hybridized carbons (Fsp3) is 0.545. The van der Waals surface area contributed by atoms with Crippen LogP contribution in [0.2, 0.25) is 0 Å². The van der Waals surface area contributed by atoms with Crippen molar-refractivity contribution in [3.63, 3.8) is 0 Å². The Morgan fingerprint density at radius 3 is 2.59 bits per heavy atom. The Morgan fingerprint density at radius 1 is 1.41 bits per heavy atom. The molecule has 0 bridgehead atoms. The monoisotopic (exact) mass is 239 g/mol. The number of hydrogen-bond acceptors (Lipinski definition) is 3. The van der Waals surface area contributed by atoms with Crippen LogP contribution in [0.4, 0.5) is 0 Å². The van der Waals surface area contributed by atoms with Crippen LogP contribution in [0.5, 0.6) is 0 Å². The van der Waals surface area contributed by atoms with Gasteiger partial charge in [0.2, 0.25) is 5.91 Å². The van der Waals surface area contributed by atoms with Crippen LogP contribution < -0.4 is 16.6 Å². The van der Waals surface area contributed by atoms with Gasteiger partial charge in [0.15, 0.2) is 0 Å². The van der Waals surface area contributed by atoms with Gasteiger partial charge in [-0.15, -0.1) is 0 Å². The Bertz CT molecular complexity index is 457. The zero-order valence-electron chi connectivity index (χ0n) is 10.0.